The summed E-state index contributed by atoms with van der Waals surface area (Å²) in [6.07, 6.45) is 0.851. The van der Waals surface area contributed by atoms with Crippen molar-refractivity contribution in [3.63, 3.8) is 0 Å². The Kier molecular flexibility index (Phi) is 7.49. The quantitative estimate of drug-likeness (QED) is 0.385. The largest absolute Gasteiger partial charge is 0.356 e. The first-order chi connectivity index (χ1) is 7.90. The molecule has 0 saturated carbocycles. The molecule has 6 heteroatoms. The molecule has 2 unspecified atom stereocenters. The average Bonchev–Trinajstić information content (AvgIpc) is 2.31. The van der Waals surface area contributed by atoms with Gasteiger partial charge in [0.15, 0.2) is 0 Å². The minimum absolute atomic E-state index is 0.207. The molecule has 6 nitrogen and oxygen atoms in total. The highest BCUT2D eigenvalue weighted by atomic mass is 17.1. The second kappa shape index (κ2) is 8.03. The van der Waals surface area contributed by atoms with Crippen molar-refractivity contribution in [1.29, 1.82) is 0 Å². The molecule has 0 saturated heterocycles. The van der Waals surface area contributed by atoms with Crippen molar-refractivity contribution >= 4 is 11.9 Å². The Morgan fingerprint density at radius 1 is 1.29 bits per heavy atom. The molecule has 0 fully saturated rings. The molecular weight excluding hydrogens is 224 g/mol. The van der Waals surface area contributed by atoms with Crippen LogP contribution in [0.3, 0.4) is 0 Å². The van der Waals surface area contributed by atoms with Crippen LogP contribution in [0.25, 0.3) is 0 Å². The number of nitrogens with zero attached hydrogens (tertiary/aromatic N) is 1. The van der Waals surface area contributed by atoms with Crippen LogP contribution in [0.1, 0.15) is 20.3 Å². The summed E-state index contributed by atoms with van der Waals surface area (Å²) in [5.41, 5.74) is 0. The highest BCUT2D eigenvalue weighted by molar-refractivity contribution is 5.84. The lowest BCUT2D eigenvalue weighted by molar-refractivity contribution is -0.239. The van der Waals surface area contributed by atoms with E-state index in [-0.39, 0.29) is 5.91 Å². The minimum Gasteiger partial charge on any atom is -0.356 e. The first kappa shape index (κ1) is 15.9. The van der Waals surface area contributed by atoms with Crippen LogP contribution in [-0.4, -0.2) is 49.2 Å². The summed E-state index contributed by atoms with van der Waals surface area (Å²) >= 11 is 0. The van der Waals surface area contributed by atoms with Gasteiger partial charge in [0.1, 0.15) is 0 Å². The molecule has 0 aliphatic rings. The fourth-order valence-corrected chi connectivity index (χ4v) is 1.28. The Hall–Kier alpha value is -1.14. The first-order valence-electron chi connectivity index (χ1n) is 5.67. The summed E-state index contributed by atoms with van der Waals surface area (Å²) in [5, 5.41) is 11.0. The predicted molar refractivity (Wildman–Crippen MR) is 63.2 cm³/mol. The number of hydrogen-bond donors (Lipinski definition) is 2. The Morgan fingerprint density at radius 3 is 2.35 bits per heavy atom. The summed E-state index contributed by atoms with van der Waals surface area (Å²) in [7, 11) is 3.92. The zero-order chi connectivity index (χ0) is 13.4. The van der Waals surface area contributed by atoms with Crippen molar-refractivity contribution in [2.24, 2.45) is 11.8 Å². The third kappa shape index (κ3) is 6.23. The Balaban J connectivity index is 3.93. The molecule has 0 aliphatic carbocycles. The molecular formula is C11H22N2O4. The maximum Gasteiger partial charge on any atom is 0.345 e. The normalized spacial score (nSPS) is 14.2. The van der Waals surface area contributed by atoms with Gasteiger partial charge < -0.3 is 15.1 Å². The molecule has 0 aromatic heterocycles. The van der Waals surface area contributed by atoms with E-state index in [1.807, 2.05) is 19.0 Å². The van der Waals surface area contributed by atoms with E-state index in [0.717, 1.165) is 13.0 Å². The van der Waals surface area contributed by atoms with Gasteiger partial charge in [0.2, 0.25) is 5.91 Å². The minimum atomic E-state index is -0.791. The van der Waals surface area contributed by atoms with Gasteiger partial charge in [-0.3, -0.25) is 4.79 Å². The number of nitrogens with one attached hydrogen (secondary N) is 1. The third-order valence-electron chi connectivity index (χ3n) is 2.71. The fourth-order valence-electron chi connectivity index (χ4n) is 1.28. The van der Waals surface area contributed by atoms with E-state index in [2.05, 4.69) is 10.2 Å². The van der Waals surface area contributed by atoms with Crippen LogP contribution in [-0.2, 0) is 14.5 Å². The Bertz CT molecular complexity index is 256. The number of carbonyl (C=O) groups is 2. The zero-order valence-electron chi connectivity index (χ0n) is 10.9. The molecule has 2 N–H and O–H groups in total. The lowest BCUT2D eigenvalue weighted by atomic mass is 9.95. The highest BCUT2D eigenvalue weighted by Crippen LogP contribution is 2.12. The summed E-state index contributed by atoms with van der Waals surface area (Å²) in [4.78, 5) is 28.3. The van der Waals surface area contributed by atoms with E-state index in [1.165, 1.54) is 0 Å². The number of rotatable bonds is 7. The van der Waals surface area contributed by atoms with Gasteiger partial charge in [0.25, 0.3) is 0 Å². The van der Waals surface area contributed by atoms with Crippen molar-refractivity contribution in [3.8, 4) is 0 Å². The lowest BCUT2D eigenvalue weighted by Crippen LogP contribution is -2.36. The number of hydrogen-bond acceptors (Lipinski definition) is 5. The average molecular weight is 246 g/mol. The van der Waals surface area contributed by atoms with Crippen molar-refractivity contribution in [1.82, 2.24) is 10.2 Å². The number of amides is 1. The SMILES string of the molecule is CC(C(=O)NCCCN(C)C)C(C)C(=O)OO. The highest BCUT2D eigenvalue weighted by Gasteiger charge is 2.27. The molecule has 0 aromatic rings. The van der Waals surface area contributed by atoms with Gasteiger partial charge in [-0.25, -0.2) is 4.79 Å². The molecule has 100 valence electrons. The molecule has 0 rings (SSSR count). The monoisotopic (exact) mass is 246 g/mol. The Labute approximate surface area is 102 Å². The molecule has 17 heavy (non-hydrogen) atoms. The van der Waals surface area contributed by atoms with E-state index >= 15 is 0 Å². The molecule has 0 bridgehead atoms. The standard InChI is InChI=1S/C11H22N2O4/c1-8(9(2)11(15)17-16)10(14)12-6-5-7-13(3)4/h8-9,16H,5-7H2,1-4H3,(H,12,14). The second-order valence-corrected chi connectivity index (χ2v) is 4.44. The van der Waals surface area contributed by atoms with Crippen LogP contribution >= 0.6 is 0 Å². The maximum absolute atomic E-state index is 11.6. The fraction of sp³-hybridized carbons (Fsp3) is 0.818. The molecule has 0 spiro atoms. The topological polar surface area (TPSA) is 78.9 Å². The molecule has 0 radical (unpaired) electrons. The molecule has 1 amide bonds. The summed E-state index contributed by atoms with van der Waals surface area (Å²) in [5.74, 6) is -2.18. The van der Waals surface area contributed by atoms with Gasteiger partial charge in [-0.05, 0) is 27.1 Å². The first-order valence-corrected chi connectivity index (χ1v) is 5.67. The maximum atomic E-state index is 11.6. The van der Waals surface area contributed by atoms with Crippen molar-refractivity contribution in [2.75, 3.05) is 27.2 Å². The van der Waals surface area contributed by atoms with E-state index in [0.29, 0.717) is 6.54 Å². The molecule has 2 atom stereocenters. The van der Waals surface area contributed by atoms with Crippen LogP contribution in [0.5, 0.6) is 0 Å². The van der Waals surface area contributed by atoms with Crippen LogP contribution in [0.2, 0.25) is 0 Å². The van der Waals surface area contributed by atoms with Gasteiger partial charge >= 0.3 is 5.97 Å². The van der Waals surface area contributed by atoms with Crippen molar-refractivity contribution < 1.29 is 19.7 Å². The van der Waals surface area contributed by atoms with Crippen LogP contribution < -0.4 is 5.32 Å². The lowest BCUT2D eigenvalue weighted by Gasteiger charge is -2.17. The second-order valence-electron chi connectivity index (χ2n) is 4.44. The summed E-state index contributed by atoms with van der Waals surface area (Å²) in [6.45, 7) is 4.64. The summed E-state index contributed by atoms with van der Waals surface area (Å²) in [6, 6.07) is 0. The molecule has 0 heterocycles. The van der Waals surface area contributed by atoms with E-state index in [4.69, 9.17) is 5.26 Å². The van der Waals surface area contributed by atoms with Gasteiger partial charge in [0, 0.05) is 12.5 Å². The van der Waals surface area contributed by atoms with Gasteiger partial charge in [-0.2, -0.15) is 5.26 Å². The van der Waals surface area contributed by atoms with E-state index in [9.17, 15) is 9.59 Å². The van der Waals surface area contributed by atoms with Gasteiger partial charge in [-0.15, -0.1) is 0 Å². The van der Waals surface area contributed by atoms with Crippen molar-refractivity contribution in [3.05, 3.63) is 0 Å². The third-order valence-corrected chi connectivity index (χ3v) is 2.71. The zero-order valence-corrected chi connectivity index (χ0v) is 10.9. The van der Waals surface area contributed by atoms with Gasteiger partial charge in [0.05, 0.1) is 5.92 Å². The van der Waals surface area contributed by atoms with Crippen LogP contribution in [0, 0.1) is 11.8 Å². The van der Waals surface area contributed by atoms with E-state index < -0.39 is 17.8 Å². The van der Waals surface area contributed by atoms with Crippen molar-refractivity contribution in [2.45, 2.75) is 20.3 Å². The Morgan fingerprint density at radius 2 is 1.88 bits per heavy atom. The molecule has 0 aromatic carbocycles. The van der Waals surface area contributed by atoms with Crippen LogP contribution in [0.15, 0.2) is 0 Å². The number of carbonyl (C=O) groups excluding carboxylic acids is 2. The van der Waals surface area contributed by atoms with Gasteiger partial charge in [-0.1, -0.05) is 13.8 Å². The van der Waals surface area contributed by atoms with E-state index in [1.54, 1.807) is 13.8 Å². The smallest absolute Gasteiger partial charge is 0.345 e. The molecule has 0 aliphatic heterocycles. The summed E-state index contributed by atoms with van der Waals surface area (Å²) < 4.78 is 0. The predicted octanol–water partition coefficient (Wildman–Crippen LogP) is 0.343. The van der Waals surface area contributed by atoms with Crippen LogP contribution in [0.4, 0.5) is 0 Å².